The van der Waals surface area contributed by atoms with Crippen LogP contribution in [0.3, 0.4) is 0 Å². The van der Waals surface area contributed by atoms with Crippen molar-refractivity contribution in [2.75, 3.05) is 30.9 Å². The first-order valence-electron chi connectivity index (χ1n) is 9.09. The van der Waals surface area contributed by atoms with Crippen molar-refractivity contribution in [3.8, 4) is 5.75 Å². The number of hydrogen-bond donors (Lipinski definition) is 1. The average Bonchev–Trinajstić information content (AvgIpc) is 2.73. The number of carbonyl (C=O) groups is 1. The Kier molecular flexibility index (Phi) is 6.22. The number of pyridine rings is 2. The second-order valence-electron chi connectivity index (χ2n) is 6.59. The quantitative estimate of drug-likeness (QED) is 0.681. The highest BCUT2D eigenvalue weighted by atomic mass is 16.5. The number of amides is 1. The Balaban J connectivity index is 1.70. The predicted molar refractivity (Wildman–Crippen MR) is 111 cm³/mol. The number of aryl methyl sites for hydroxylation is 1. The normalized spacial score (nSPS) is 10.4. The van der Waals surface area contributed by atoms with Crippen molar-refractivity contribution in [2.24, 2.45) is 0 Å². The van der Waals surface area contributed by atoms with Gasteiger partial charge in [0.15, 0.2) is 0 Å². The summed E-state index contributed by atoms with van der Waals surface area (Å²) in [5.41, 5.74) is 3.45. The van der Waals surface area contributed by atoms with Crippen LogP contribution in [0.25, 0.3) is 0 Å². The fourth-order valence-corrected chi connectivity index (χ4v) is 2.84. The number of rotatable bonds is 7. The predicted octanol–water partition coefficient (Wildman–Crippen LogP) is 3.72. The zero-order valence-electron chi connectivity index (χ0n) is 16.3. The van der Waals surface area contributed by atoms with Gasteiger partial charge in [0.1, 0.15) is 11.6 Å². The van der Waals surface area contributed by atoms with E-state index in [9.17, 15) is 4.79 Å². The molecular formula is C22H24N4O2. The van der Waals surface area contributed by atoms with E-state index in [1.165, 1.54) is 5.56 Å². The largest absolute Gasteiger partial charge is 0.495 e. The lowest BCUT2D eigenvalue weighted by atomic mass is 10.1. The summed E-state index contributed by atoms with van der Waals surface area (Å²) in [4.78, 5) is 23.2. The van der Waals surface area contributed by atoms with Crippen molar-refractivity contribution >= 4 is 17.4 Å². The lowest BCUT2D eigenvalue weighted by molar-refractivity contribution is 0.102. The fraction of sp³-hybridized carbons (Fsp3) is 0.227. The molecule has 0 radical (unpaired) electrons. The topological polar surface area (TPSA) is 67.3 Å². The molecule has 1 amide bonds. The number of aromatic nitrogens is 2. The number of likely N-dealkylation sites (N-methyl/N-ethyl adjacent to an activating group) is 1. The van der Waals surface area contributed by atoms with Gasteiger partial charge >= 0.3 is 0 Å². The number of nitrogens with zero attached hydrogens (tertiary/aromatic N) is 3. The molecule has 0 atom stereocenters. The van der Waals surface area contributed by atoms with E-state index >= 15 is 0 Å². The van der Waals surface area contributed by atoms with Crippen LogP contribution in [-0.2, 0) is 6.42 Å². The van der Waals surface area contributed by atoms with Gasteiger partial charge in [0.05, 0.1) is 12.8 Å². The first kappa shape index (κ1) is 19.4. The Hall–Kier alpha value is -3.41. The molecule has 6 nitrogen and oxygen atoms in total. The van der Waals surface area contributed by atoms with Crippen molar-refractivity contribution < 1.29 is 9.53 Å². The van der Waals surface area contributed by atoms with Crippen LogP contribution in [0.4, 0.5) is 11.5 Å². The average molecular weight is 376 g/mol. The number of anilines is 2. The van der Waals surface area contributed by atoms with E-state index in [1.54, 1.807) is 37.8 Å². The van der Waals surface area contributed by atoms with Crippen LogP contribution >= 0.6 is 0 Å². The highest BCUT2D eigenvalue weighted by Crippen LogP contribution is 2.26. The molecule has 0 aliphatic heterocycles. The van der Waals surface area contributed by atoms with Gasteiger partial charge in [-0.3, -0.25) is 9.78 Å². The van der Waals surface area contributed by atoms with Crippen molar-refractivity contribution in [3.63, 3.8) is 0 Å². The zero-order valence-corrected chi connectivity index (χ0v) is 16.3. The van der Waals surface area contributed by atoms with E-state index < -0.39 is 0 Å². The molecule has 0 aliphatic rings. The highest BCUT2D eigenvalue weighted by Gasteiger charge is 2.12. The smallest absolute Gasteiger partial charge is 0.255 e. The molecule has 144 valence electrons. The number of benzene rings is 1. The second-order valence-corrected chi connectivity index (χ2v) is 6.59. The Labute approximate surface area is 165 Å². The van der Waals surface area contributed by atoms with Crippen LogP contribution in [0, 0.1) is 6.92 Å². The Bertz CT molecular complexity index is 944. The molecule has 2 aromatic heterocycles. The molecule has 0 bridgehead atoms. The molecule has 6 heteroatoms. The Morgan fingerprint density at radius 2 is 1.89 bits per heavy atom. The van der Waals surface area contributed by atoms with E-state index in [0.717, 1.165) is 24.3 Å². The molecule has 1 N–H and O–H groups in total. The maximum atomic E-state index is 12.7. The van der Waals surface area contributed by atoms with Gasteiger partial charge in [-0.1, -0.05) is 6.07 Å². The molecule has 0 spiro atoms. The van der Waals surface area contributed by atoms with Gasteiger partial charge in [-0.25, -0.2) is 4.98 Å². The summed E-state index contributed by atoms with van der Waals surface area (Å²) >= 11 is 0. The molecule has 28 heavy (non-hydrogen) atoms. The third kappa shape index (κ3) is 4.85. The monoisotopic (exact) mass is 376 g/mol. The van der Waals surface area contributed by atoms with E-state index in [2.05, 4.69) is 15.3 Å². The third-order valence-electron chi connectivity index (χ3n) is 4.49. The number of ether oxygens (including phenoxy) is 1. The first-order valence-corrected chi connectivity index (χ1v) is 9.09. The summed E-state index contributed by atoms with van der Waals surface area (Å²) in [7, 11) is 3.55. The minimum absolute atomic E-state index is 0.199. The van der Waals surface area contributed by atoms with Crippen molar-refractivity contribution in [1.29, 1.82) is 0 Å². The minimum Gasteiger partial charge on any atom is -0.495 e. The maximum absolute atomic E-state index is 12.7. The summed E-state index contributed by atoms with van der Waals surface area (Å²) in [5.74, 6) is 1.18. The highest BCUT2D eigenvalue weighted by molar-refractivity contribution is 6.05. The number of methoxy groups -OCH3 is 1. The molecule has 2 heterocycles. The molecule has 0 saturated heterocycles. The maximum Gasteiger partial charge on any atom is 0.255 e. The van der Waals surface area contributed by atoms with Crippen LogP contribution in [-0.4, -0.2) is 36.6 Å². The summed E-state index contributed by atoms with van der Waals surface area (Å²) < 4.78 is 5.33. The van der Waals surface area contributed by atoms with E-state index in [4.69, 9.17) is 4.74 Å². The Morgan fingerprint density at radius 1 is 1.11 bits per heavy atom. The number of hydrogen-bond acceptors (Lipinski definition) is 5. The van der Waals surface area contributed by atoms with Gasteiger partial charge < -0.3 is 15.0 Å². The van der Waals surface area contributed by atoms with E-state index in [-0.39, 0.29) is 5.91 Å². The second kappa shape index (κ2) is 8.99. The van der Waals surface area contributed by atoms with Crippen molar-refractivity contribution in [1.82, 2.24) is 9.97 Å². The molecule has 0 fully saturated rings. The molecule has 3 aromatic rings. The van der Waals surface area contributed by atoms with Gasteiger partial charge in [-0.15, -0.1) is 0 Å². The molecule has 1 aromatic carbocycles. The van der Waals surface area contributed by atoms with Crippen LogP contribution in [0.2, 0.25) is 0 Å². The van der Waals surface area contributed by atoms with Crippen molar-refractivity contribution in [2.45, 2.75) is 13.3 Å². The summed E-state index contributed by atoms with van der Waals surface area (Å²) in [5, 5.41) is 2.93. The fourth-order valence-electron chi connectivity index (χ4n) is 2.84. The van der Waals surface area contributed by atoms with Gasteiger partial charge in [0.25, 0.3) is 5.91 Å². The van der Waals surface area contributed by atoms with Crippen LogP contribution in [0.1, 0.15) is 21.5 Å². The van der Waals surface area contributed by atoms with Gasteiger partial charge in [0.2, 0.25) is 0 Å². The van der Waals surface area contributed by atoms with Crippen LogP contribution < -0.4 is 15.0 Å². The third-order valence-corrected chi connectivity index (χ3v) is 4.49. The van der Waals surface area contributed by atoms with Crippen LogP contribution in [0.5, 0.6) is 5.75 Å². The lowest BCUT2D eigenvalue weighted by Crippen LogP contribution is -2.22. The number of nitrogens with one attached hydrogen (secondary N) is 1. The zero-order chi connectivity index (χ0) is 19.9. The van der Waals surface area contributed by atoms with Gasteiger partial charge in [-0.05, 0) is 60.9 Å². The summed E-state index contributed by atoms with van der Waals surface area (Å²) in [6.45, 7) is 2.76. The molecule has 0 aliphatic carbocycles. The molecule has 0 unspecified atom stereocenters. The van der Waals surface area contributed by atoms with E-state index in [1.807, 2.05) is 49.2 Å². The molecule has 0 saturated carbocycles. The van der Waals surface area contributed by atoms with Gasteiger partial charge in [0, 0.05) is 37.7 Å². The molecule has 3 rings (SSSR count). The lowest BCUT2D eigenvalue weighted by Gasteiger charge is -2.19. The standard InChI is InChI=1S/C22H24N4O2/c1-16-4-5-20(28-3)19(14-16)25-22(27)18-8-12-24-21(15-18)26(2)13-9-17-6-10-23-11-7-17/h4-8,10-12,14-15H,9,13H2,1-3H3,(H,25,27). The SMILES string of the molecule is COc1ccc(C)cc1NC(=O)c1ccnc(N(C)CCc2ccncc2)c1. The summed E-state index contributed by atoms with van der Waals surface area (Å²) in [6.07, 6.45) is 6.11. The Morgan fingerprint density at radius 3 is 2.64 bits per heavy atom. The van der Waals surface area contributed by atoms with Crippen LogP contribution in [0.15, 0.2) is 61.1 Å². The van der Waals surface area contributed by atoms with Gasteiger partial charge in [-0.2, -0.15) is 0 Å². The minimum atomic E-state index is -0.199. The summed E-state index contributed by atoms with van der Waals surface area (Å²) in [6, 6.07) is 13.2. The number of carbonyl (C=O) groups excluding carboxylic acids is 1. The van der Waals surface area contributed by atoms with E-state index in [0.29, 0.717) is 17.0 Å². The van der Waals surface area contributed by atoms with Crippen molar-refractivity contribution in [3.05, 3.63) is 77.7 Å². The molecular weight excluding hydrogens is 352 g/mol. The first-order chi connectivity index (χ1) is 13.6.